The number of hydrogen-bond acceptors (Lipinski definition) is 4. The van der Waals surface area contributed by atoms with E-state index in [9.17, 15) is 4.79 Å². The van der Waals surface area contributed by atoms with Crippen LogP contribution in [0, 0.1) is 5.92 Å². The Bertz CT molecular complexity index is 473. The van der Waals surface area contributed by atoms with Crippen LogP contribution in [0.15, 0.2) is 29.2 Å². The fourth-order valence-corrected chi connectivity index (χ4v) is 3.37. The number of ether oxygens (including phenoxy) is 1. The highest BCUT2D eigenvalue weighted by molar-refractivity contribution is 7.99. The molecule has 0 aliphatic heterocycles. The summed E-state index contributed by atoms with van der Waals surface area (Å²) in [5, 5.41) is 0. The van der Waals surface area contributed by atoms with Gasteiger partial charge in [0.15, 0.2) is 0 Å². The van der Waals surface area contributed by atoms with Gasteiger partial charge in [-0.2, -0.15) is 0 Å². The number of thioether (sulfide) groups is 1. The molecule has 1 rings (SSSR count). The lowest BCUT2D eigenvalue weighted by atomic mass is 10.0. The first kappa shape index (κ1) is 22.0. The van der Waals surface area contributed by atoms with Crippen LogP contribution in [0.25, 0.3) is 0 Å². The SMILES string of the molecule is CCCCC(CC)COC(=O)CCSc1ccc(CCN(C)C)cc1. The van der Waals surface area contributed by atoms with E-state index >= 15 is 0 Å². The molecule has 0 saturated heterocycles. The molecule has 1 aromatic rings. The van der Waals surface area contributed by atoms with E-state index in [4.69, 9.17) is 4.74 Å². The zero-order chi connectivity index (χ0) is 18.5. The number of carbonyl (C=O) groups excluding carboxylic acids is 1. The van der Waals surface area contributed by atoms with Crippen molar-refractivity contribution in [2.24, 2.45) is 5.92 Å². The Hall–Kier alpha value is -1.00. The number of likely N-dealkylation sites (N-methyl/N-ethyl adjacent to an activating group) is 1. The Morgan fingerprint density at radius 3 is 2.52 bits per heavy atom. The van der Waals surface area contributed by atoms with Crippen LogP contribution in [0.2, 0.25) is 0 Å². The highest BCUT2D eigenvalue weighted by Gasteiger charge is 2.10. The normalized spacial score (nSPS) is 12.4. The van der Waals surface area contributed by atoms with Crippen molar-refractivity contribution >= 4 is 17.7 Å². The van der Waals surface area contributed by atoms with Crippen molar-refractivity contribution in [3.63, 3.8) is 0 Å². The first-order valence-corrected chi connectivity index (χ1v) is 10.6. The number of esters is 1. The molecule has 1 aromatic carbocycles. The topological polar surface area (TPSA) is 29.5 Å². The molecule has 25 heavy (non-hydrogen) atoms. The van der Waals surface area contributed by atoms with Crippen LogP contribution in [-0.4, -0.2) is 43.9 Å². The summed E-state index contributed by atoms with van der Waals surface area (Å²) >= 11 is 1.72. The molecule has 0 aromatic heterocycles. The fourth-order valence-electron chi connectivity index (χ4n) is 2.54. The Morgan fingerprint density at radius 2 is 1.92 bits per heavy atom. The zero-order valence-electron chi connectivity index (χ0n) is 16.4. The highest BCUT2D eigenvalue weighted by Crippen LogP contribution is 2.20. The third kappa shape index (κ3) is 10.6. The number of benzene rings is 1. The van der Waals surface area contributed by atoms with Gasteiger partial charge in [0.2, 0.25) is 0 Å². The molecule has 0 amide bonds. The molecule has 0 heterocycles. The van der Waals surface area contributed by atoms with Crippen LogP contribution in [0.4, 0.5) is 0 Å². The van der Waals surface area contributed by atoms with Crippen molar-refractivity contribution in [3.05, 3.63) is 29.8 Å². The van der Waals surface area contributed by atoms with Gasteiger partial charge in [0.25, 0.3) is 0 Å². The number of nitrogens with zero attached hydrogens (tertiary/aromatic N) is 1. The summed E-state index contributed by atoms with van der Waals surface area (Å²) < 4.78 is 5.45. The maximum Gasteiger partial charge on any atom is 0.306 e. The zero-order valence-corrected chi connectivity index (χ0v) is 17.2. The van der Waals surface area contributed by atoms with E-state index in [1.165, 1.54) is 23.3 Å². The van der Waals surface area contributed by atoms with Crippen LogP contribution in [0.5, 0.6) is 0 Å². The van der Waals surface area contributed by atoms with Gasteiger partial charge in [-0.25, -0.2) is 0 Å². The van der Waals surface area contributed by atoms with E-state index in [-0.39, 0.29) is 5.97 Å². The van der Waals surface area contributed by atoms with E-state index in [0.29, 0.717) is 18.9 Å². The molecular weight excluding hydrogens is 330 g/mol. The fraction of sp³-hybridized carbons (Fsp3) is 0.667. The van der Waals surface area contributed by atoms with Gasteiger partial charge in [0, 0.05) is 17.2 Å². The molecule has 0 fully saturated rings. The predicted molar refractivity (Wildman–Crippen MR) is 108 cm³/mol. The van der Waals surface area contributed by atoms with Crippen molar-refractivity contribution in [1.29, 1.82) is 0 Å². The van der Waals surface area contributed by atoms with Crippen molar-refractivity contribution in [2.75, 3.05) is 33.0 Å². The highest BCUT2D eigenvalue weighted by atomic mass is 32.2. The Labute approximate surface area is 158 Å². The first-order valence-electron chi connectivity index (χ1n) is 9.57. The quantitative estimate of drug-likeness (QED) is 0.362. The Balaban J connectivity index is 2.22. The lowest BCUT2D eigenvalue weighted by Gasteiger charge is -2.14. The van der Waals surface area contributed by atoms with Gasteiger partial charge in [-0.05, 0) is 50.6 Å². The lowest BCUT2D eigenvalue weighted by molar-refractivity contribution is -0.144. The summed E-state index contributed by atoms with van der Waals surface area (Å²) in [6.07, 6.45) is 6.22. The number of rotatable bonds is 13. The summed E-state index contributed by atoms with van der Waals surface area (Å²) in [6, 6.07) is 8.67. The summed E-state index contributed by atoms with van der Waals surface area (Å²) in [7, 11) is 4.19. The minimum atomic E-state index is -0.0648. The molecular formula is C21H35NO2S. The molecule has 3 nitrogen and oxygen atoms in total. The molecule has 142 valence electrons. The molecule has 0 radical (unpaired) electrons. The average molecular weight is 366 g/mol. The van der Waals surface area contributed by atoms with Gasteiger partial charge in [0.1, 0.15) is 0 Å². The Morgan fingerprint density at radius 1 is 1.20 bits per heavy atom. The standard InChI is InChI=1S/C21H35NO2S/c1-5-7-8-18(6-2)17-24-21(23)14-16-25-20-11-9-19(10-12-20)13-15-22(3)4/h9-12,18H,5-8,13-17H2,1-4H3. The molecule has 4 heteroatoms. The van der Waals surface area contributed by atoms with E-state index in [0.717, 1.165) is 31.6 Å². The molecule has 0 N–H and O–H groups in total. The molecule has 0 aliphatic carbocycles. The Kier molecular flexibility index (Phi) is 11.7. The second-order valence-electron chi connectivity index (χ2n) is 6.90. The second-order valence-corrected chi connectivity index (χ2v) is 8.06. The van der Waals surface area contributed by atoms with E-state index < -0.39 is 0 Å². The third-order valence-corrected chi connectivity index (χ3v) is 5.38. The smallest absolute Gasteiger partial charge is 0.306 e. The van der Waals surface area contributed by atoms with Gasteiger partial charge < -0.3 is 9.64 Å². The molecule has 1 unspecified atom stereocenters. The molecule has 0 saturated carbocycles. The second kappa shape index (κ2) is 13.2. The van der Waals surface area contributed by atoms with Crippen LogP contribution < -0.4 is 0 Å². The summed E-state index contributed by atoms with van der Waals surface area (Å²) in [5.41, 5.74) is 1.36. The third-order valence-electron chi connectivity index (χ3n) is 4.37. The summed E-state index contributed by atoms with van der Waals surface area (Å²) in [6.45, 7) is 6.02. The predicted octanol–water partition coefficient (Wildman–Crippen LogP) is 5.03. The van der Waals surface area contributed by atoms with E-state index in [1.807, 2.05) is 0 Å². The average Bonchev–Trinajstić information content (AvgIpc) is 2.61. The largest absolute Gasteiger partial charge is 0.465 e. The van der Waals surface area contributed by atoms with Crippen LogP contribution in [0.3, 0.4) is 0 Å². The lowest BCUT2D eigenvalue weighted by Crippen LogP contribution is -2.14. The molecule has 1 atom stereocenters. The summed E-state index contributed by atoms with van der Waals surface area (Å²) in [5.74, 6) is 1.23. The minimum absolute atomic E-state index is 0.0648. The van der Waals surface area contributed by atoms with E-state index in [1.54, 1.807) is 11.8 Å². The van der Waals surface area contributed by atoms with Gasteiger partial charge in [-0.3, -0.25) is 4.79 Å². The summed E-state index contributed by atoms with van der Waals surface area (Å²) in [4.78, 5) is 15.3. The first-order chi connectivity index (χ1) is 12.0. The van der Waals surface area contributed by atoms with Crippen LogP contribution in [-0.2, 0) is 16.0 Å². The number of carbonyl (C=O) groups is 1. The van der Waals surface area contributed by atoms with Gasteiger partial charge >= 0.3 is 5.97 Å². The molecule has 0 aliphatic rings. The minimum Gasteiger partial charge on any atom is -0.465 e. The van der Waals surface area contributed by atoms with Gasteiger partial charge in [-0.1, -0.05) is 45.2 Å². The molecule has 0 bridgehead atoms. The van der Waals surface area contributed by atoms with Crippen molar-refractivity contribution in [3.8, 4) is 0 Å². The maximum atomic E-state index is 11.9. The molecule has 0 spiro atoms. The van der Waals surface area contributed by atoms with Crippen LogP contribution >= 0.6 is 11.8 Å². The van der Waals surface area contributed by atoms with Crippen molar-refractivity contribution in [2.45, 2.75) is 57.3 Å². The van der Waals surface area contributed by atoms with Crippen molar-refractivity contribution in [1.82, 2.24) is 4.90 Å². The van der Waals surface area contributed by atoms with Crippen LogP contribution in [0.1, 0.15) is 51.5 Å². The monoisotopic (exact) mass is 365 g/mol. The van der Waals surface area contributed by atoms with Crippen molar-refractivity contribution < 1.29 is 9.53 Å². The van der Waals surface area contributed by atoms with Gasteiger partial charge in [-0.15, -0.1) is 11.8 Å². The maximum absolute atomic E-state index is 11.9. The van der Waals surface area contributed by atoms with E-state index in [2.05, 4.69) is 57.1 Å². The number of hydrogen-bond donors (Lipinski definition) is 0. The number of unbranched alkanes of at least 4 members (excludes halogenated alkanes) is 1. The van der Waals surface area contributed by atoms with Gasteiger partial charge in [0.05, 0.1) is 13.0 Å².